The van der Waals surface area contributed by atoms with Crippen LogP contribution in [0.3, 0.4) is 0 Å². The average molecular weight is 432 g/mol. The second-order valence-corrected chi connectivity index (χ2v) is 8.22. The molecule has 6 heteroatoms. The van der Waals surface area contributed by atoms with Crippen molar-refractivity contribution in [2.45, 2.75) is 24.7 Å². The summed E-state index contributed by atoms with van der Waals surface area (Å²) in [5.41, 5.74) is 2.37. The molecule has 0 aliphatic carbocycles. The fourth-order valence-electron chi connectivity index (χ4n) is 2.83. The molecule has 0 fully saturated rings. The lowest BCUT2D eigenvalue weighted by Gasteiger charge is -2.21. The maximum absolute atomic E-state index is 12.6. The number of halogens is 1. The molecule has 1 aliphatic heterocycles. The number of rotatable bonds is 4. The maximum atomic E-state index is 12.6. The van der Waals surface area contributed by atoms with E-state index in [4.69, 9.17) is 4.74 Å². The van der Waals surface area contributed by atoms with Crippen LogP contribution in [0.4, 0.5) is 0 Å². The quantitative estimate of drug-likeness (QED) is 0.641. The highest BCUT2D eigenvalue weighted by Crippen LogP contribution is 2.33. The molecule has 2 atom stereocenters. The van der Waals surface area contributed by atoms with E-state index >= 15 is 0 Å². The molecular weight excluding hydrogens is 414 g/mol. The highest BCUT2D eigenvalue weighted by Gasteiger charge is 2.30. The van der Waals surface area contributed by atoms with Gasteiger partial charge in [-0.25, -0.2) is 0 Å². The van der Waals surface area contributed by atoms with Gasteiger partial charge in [0.05, 0.1) is 16.1 Å². The first-order valence-electron chi connectivity index (χ1n) is 8.04. The molecule has 134 valence electrons. The van der Waals surface area contributed by atoms with Gasteiger partial charge in [0.25, 0.3) is 0 Å². The smallest absolute Gasteiger partial charge is 0.184 e. The van der Waals surface area contributed by atoms with Crippen LogP contribution in [0.5, 0.6) is 11.5 Å². The third kappa shape index (κ3) is 3.92. The van der Waals surface area contributed by atoms with Crippen molar-refractivity contribution in [1.82, 2.24) is 0 Å². The van der Waals surface area contributed by atoms with Crippen molar-refractivity contribution in [1.29, 1.82) is 0 Å². The summed E-state index contributed by atoms with van der Waals surface area (Å²) in [5, 5.41) is 0. The van der Waals surface area contributed by atoms with E-state index in [1.807, 2.05) is 38.1 Å². The molecule has 0 saturated carbocycles. The molecule has 0 saturated heterocycles. The van der Waals surface area contributed by atoms with Crippen LogP contribution in [0.15, 0.2) is 68.6 Å². The minimum Gasteiger partial charge on any atom is -0.612 e. The first-order valence-corrected chi connectivity index (χ1v) is 10.4. The Morgan fingerprint density at radius 1 is 1.04 bits per heavy atom. The molecule has 0 spiro atoms. The van der Waals surface area contributed by atoms with Crippen LogP contribution in [0.1, 0.15) is 25.3 Å². The number of Topliss-reactive ketones (excluding diaryl/α,β-unsaturated/α-hetero) is 1. The third-order valence-electron chi connectivity index (χ3n) is 4.16. The SMILES string of the molecule is CC1=NC(C)=C(Br)C(=O)C1c1ccc(Oc2ccc([S+](C)[O-])cc2)cc1. The molecule has 2 unspecified atom stereocenters. The number of ketones is 1. The number of allylic oxidation sites excluding steroid dienone is 2. The third-order valence-corrected chi connectivity index (χ3v) is 6.06. The van der Waals surface area contributed by atoms with Crippen molar-refractivity contribution in [2.24, 2.45) is 4.99 Å². The van der Waals surface area contributed by atoms with E-state index in [1.165, 1.54) is 0 Å². The summed E-state index contributed by atoms with van der Waals surface area (Å²) in [6, 6.07) is 14.6. The van der Waals surface area contributed by atoms with Gasteiger partial charge in [0.1, 0.15) is 17.8 Å². The summed E-state index contributed by atoms with van der Waals surface area (Å²) in [6.07, 6.45) is 1.64. The summed E-state index contributed by atoms with van der Waals surface area (Å²) >= 11 is 2.33. The highest BCUT2D eigenvalue weighted by molar-refractivity contribution is 9.12. The minimum atomic E-state index is -1.01. The molecule has 26 heavy (non-hydrogen) atoms. The predicted molar refractivity (Wildman–Crippen MR) is 108 cm³/mol. The standard InChI is InChI=1S/C20H18BrNO3S/c1-12-18(20(23)19(21)13(2)22-12)14-4-6-15(7-5-14)25-16-8-10-17(11-9-16)26(3)24/h4-11,18H,1-3H3. The van der Waals surface area contributed by atoms with Crippen LogP contribution >= 0.6 is 15.9 Å². The molecule has 2 aromatic carbocycles. The lowest BCUT2D eigenvalue weighted by atomic mass is 9.88. The fraction of sp³-hybridized carbons (Fsp3) is 0.200. The molecule has 4 nitrogen and oxygen atoms in total. The molecule has 2 aromatic rings. The van der Waals surface area contributed by atoms with Crippen LogP contribution in [0.2, 0.25) is 0 Å². The van der Waals surface area contributed by atoms with Crippen LogP contribution in [-0.4, -0.2) is 22.3 Å². The van der Waals surface area contributed by atoms with Gasteiger partial charge < -0.3 is 9.29 Å². The summed E-state index contributed by atoms with van der Waals surface area (Å²) in [4.78, 5) is 17.8. The van der Waals surface area contributed by atoms with Crippen LogP contribution in [0.25, 0.3) is 0 Å². The molecule has 0 amide bonds. The summed E-state index contributed by atoms with van der Waals surface area (Å²) in [6.45, 7) is 3.69. The van der Waals surface area contributed by atoms with Crippen molar-refractivity contribution in [2.75, 3.05) is 6.26 Å². The predicted octanol–water partition coefficient (Wildman–Crippen LogP) is 4.97. The van der Waals surface area contributed by atoms with E-state index in [-0.39, 0.29) is 11.7 Å². The van der Waals surface area contributed by atoms with E-state index in [0.29, 0.717) is 21.7 Å². The Morgan fingerprint density at radius 3 is 2.12 bits per heavy atom. The second-order valence-electron chi connectivity index (χ2n) is 6.05. The Morgan fingerprint density at radius 2 is 1.58 bits per heavy atom. The zero-order chi connectivity index (χ0) is 18.8. The van der Waals surface area contributed by atoms with Gasteiger partial charge >= 0.3 is 0 Å². The lowest BCUT2D eigenvalue weighted by Crippen LogP contribution is -2.24. The molecule has 0 aromatic heterocycles. The van der Waals surface area contributed by atoms with Crippen LogP contribution in [0, 0.1) is 0 Å². The largest absolute Gasteiger partial charge is 0.612 e. The van der Waals surface area contributed by atoms with Gasteiger partial charge in [-0.15, -0.1) is 0 Å². The lowest BCUT2D eigenvalue weighted by molar-refractivity contribution is -0.115. The molecular formula is C20H18BrNO3S. The topological polar surface area (TPSA) is 61.7 Å². The van der Waals surface area contributed by atoms with Gasteiger partial charge in [-0.1, -0.05) is 12.1 Å². The number of hydrogen-bond donors (Lipinski definition) is 0. The van der Waals surface area contributed by atoms with E-state index in [1.54, 1.807) is 30.5 Å². The van der Waals surface area contributed by atoms with Gasteiger partial charge in [-0.3, -0.25) is 9.79 Å². The van der Waals surface area contributed by atoms with Crippen LogP contribution in [-0.2, 0) is 16.0 Å². The van der Waals surface area contributed by atoms with Gasteiger partial charge in [0.2, 0.25) is 0 Å². The van der Waals surface area contributed by atoms with Crippen LogP contribution < -0.4 is 4.74 Å². The van der Waals surface area contributed by atoms with E-state index in [9.17, 15) is 9.35 Å². The molecule has 0 radical (unpaired) electrons. The Hall–Kier alpha value is -1.89. The highest BCUT2D eigenvalue weighted by atomic mass is 79.9. The molecule has 1 aliphatic rings. The monoisotopic (exact) mass is 431 g/mol. The van der Waals surface area contributed by atoms with Gasteiger partial charge in [0.15, 0.2) is 10.7 Å². The number of carbonyl (C=O) groups excluding carboxylic acids is 1. The zero-order valence-electron chi connectivity index (χ0n) is 14.7. The molecule has 3 rings (SSSR count). The number of nitrogens with zero attached hydrogens (tertiary/aromatic N) is 1. The maximum Gasteiger partial charge on any atom is 0.184 e. The normalized spacial score (nSPS) is 18.6. The number of carbonyl (C=O) groups is 1. The minimum absolute atomic E-state index is 0.0202. The second kappa shape index (κ2) is 7.78. The Kier molecular flexibility index (Phi) is 5.65. The number of hydrogen-bond acceptors (Lipinski definition) is 4. The Bertz CT molecular complexity index is 884. The zero-order valence-corrected chi connectivity index (χ0v) is 17.1. The molecule has 0 bridgehead atoms. The summed E-state index contributed by atoms with van der Waals surface area (Å²) in [5.74, 6) is 0.982. The van der Waals surface area contributed by atoms with Crippen molar-refractivity contribution in [3.05, 3.63) is 64.3 Å². The fourth-order valence-corrected chi connectivity index (χ4v) is 3.67. The average Bonchev–Trinajstić information content (AvgIpc) is 2.62. The summed E-state index contributed by atoms with van der Waals surface area (Å²) < 4.78 is 17.8. The van der Waals surface area contributed by atoms with E-state index in [2.05, 4.69) is 20.9 Å². The molecule has 1 heterocycles. The first-order chi connectivity index (χ1) is 12.4. The van der Waals surface area contributed by atoms with Gasteiger partial charge in [-0.2, -0.15) is 0 Å². The van der Waals surface area contributed by atoms with E-state index < -0.39 is 11.2 Å². The Balaban J connectivity index is 1.77. The Labute approximate surface area is 164 Å². The molecule has 0 N–H and O–H groups in total. The number of benzene rings is 2. The van der Waals surface area contributed by atoms with Gasteiger partial charge in [-0.05, 0) is 82.9 Å². The van der Waals surface area contributed by atoms with E-state index in [0.717, 1.165) is 16.2 Å². The van der Waals surface area contributed by atoms with Gasteiger partial charge in [0, 0.05) is 5.71 Å². The summed E-state index contributed by atoms with van der Waals surface area (Å²) in [7, 11) is 0. The first kappa shape index (κ1) is 18.9. The van der Waals surface area contributed by atoms with Crippen molar-refractivity contribution < 1.29 is 14.1 Å². The number of ether oxygens (including phenoxy) is 1. The van der Waals surface area contributed by atoms with Crippen molar-refractivity contribution in [3.63, 3.8) is 0 Å². The van der Waals surface area contributed by atoms with Crippen molar-refractivity contribution in [3.8, 4) is 11.5 Å². The van der Waals surface area contributed by atoms with Crippen molar-refractivity contribution >= 4 is 38.6 Å². The number of aliphatic imine (C=N–C) groups is 1.